The van der Waals surface area contributed by atoms with Crippen molar-refractivity contribution >= 4 is 38.6 Å². The van der Waals surface area contributed by atoms with E-state index < -0.39 is 33.4 Å². The van der Waals surface area contributed by atoms with E-state index in [1.165, 1.54) is 31.7 Å². The van der Waals surface area contributed by atoms with E-state index in [1.54, 1.807) is 0 Å². The molecule has 208 valence electrons. The van der Waals surface area contributed by atoms with E-state index in [0.29, 0.717) is 56.3 Å². The second kappa shape index (κ2) is 12.0. The number of nitro benzene ring substituents is 1. The summed E-state index contributed by atoms with van der Waals surface area (Å²) in [6.45, 7) is 3.49. The van der Waals surface area contributed by atoms with Gasteiger partial charge in [0.25, 0.3) is 12.2 Å². The first-order valence-corrected chi connectivity index (χ1v) is 13.9. The molecule has 0 atom stereocenters. The Morgan fingerprint density at radius 2 is 1.61 bits per heavy atom. The van der Waals surface area contributed by atoms with Gasteiger partial charge in [0.15, 0.2) is 5.43 Å². The summed E-state index contributed by atoms with van der Waals surface area (Å²) in [5.74, 6) is 0. The van der Waals surface area contributed by atoms with Crippen molar-refractivity contribution in [1.82, 2.24) is 4.90 Å². The third-order valence-corrected chi connectivity index (χ3v) is 8.80. The fraction of sp³-hybridized carbons (Fsp3) is 0.615. The number of piperazine rings is 1. The average Bonchev–Trinajstić information content (AvgIpc) is 2.83. The molecule has 5 rings (SSSR count). The lowest BCUT2D eigenvalue weighted by Crippen LogP contribution is -2.53. The largest absolute Gasteiger partial charge is 0.460 e. The van der Waals surface area contributed by atoms with Crippen LogP contribution in [0.25, 0.3) is 10.1 Å². The second-order valence-corrected chi connectivity index (χ2v) is 11.2. The average molecular weight is 556 g/mol. The third kappa shape index (κ3) is 6.63. The van der Waals surface area contributed by atoms with E-state index in [4.69, 9.17) is 4.74 Å². The maximum absolute atomic E-state index is 13.2. The Balaban J connectivity index is 0.000000768. The Morgan fingerprint density at radius 3 is 2.13 bits per heavy atom. The molecule has 1 saturated heterocycles. The zero-order valence-corrected chi connectivity index (χ0v) is 22.0. The summed E-state index contributed by atoms with van der Waals surface area (Å²) in [6.07, 6.45) is 5.98. The minimum atomic E-state index is -4.80. The lowest BCUT2D eigenvalue weighted by atomic mass is 9.84. The molecule has 12 heteroatoms. The molecular formula is C26H32F3N3O5S. The SMILES string of the molecule is C1CCC1.O=COC1(CN2CCN(c3cc(=O)c4cc(C(F)(F)F)cc([N+](=O)[O-])c4s3)CC2)CCCCC1. The van der Waals surface area contributed by atoms with Crippen molar-refractivity contribution in [2.75, 3.05) is 37.6 Å². The molecule has 0 amide bonds. The number of hydrogen-bond donors (Lipinski definition) is 0. The predicted molar refractivity (Wildman–Crippen MR) is 140 cm³/mol. The second-order valence-electron chi connectivity index (χ2n) is 10.2. The molecule has 3 fully saturated rings. The van der Waals surface area contributed by atoms with Crippen molar-refractivity contribution in [2.45, 2.75) is 69.6 Å². The predicted octanol–water partition coefficient (Wildman–Crippen LogP) is 5.75. The molecule has 2 heterocycles. The molecule has 0 N–H and O–H groups in total. The zero-order valence-electron chi connectivity index (χ0n) is 21.1. The summed E-state index contributed by atoms with van der Waals surface area (Å²) in [6, 6.07) is 2.42. The van der Waals surface area contributed by atoms with Gasteiger partial charge in [-0.05, 0) is 31.7 Å². The van der Waals surface area contributed by atoms with Crippen LogP contribution >= 0.6 is 11.3 Å². The van der Waals surface area contributed by atoms with Crippen molar-refractivity contribution in [3.8, 4) is 0 Å². The molecule has 2 aromatic rings. The Morgan fingerprint density at radius 1 is 1.00 bits per heavy atom. The van der Waals surface area contributed by atoms with Crippen LogP contribution in [0.5, 0.6) is 0 Å². The molecule has 8 nitrogen and oxygen atoms in total. The number of halogens is 3. The van der Waals surface area contributed by atoms with Crippen molar-refractivity contribution in [1.29, 1.82) is 0 Å². The number of hydrogen-bond acceptors (Lipinski definition) is 8. The van der Waals surface area contributed by atoms with E-state index in [2.05, 4.69) is 4.90 Å². The van der Waals surface area contributed by atoms with Crippen molar-refractivity contribution < 1.29 is 27.6 Å². The van der Waals surface area contributed by atoms with Gasteiger partial charge in [0.2, 0.25) is 0 Å². The van der Waals surface area contributed by atoms with Crippen LogP contribution in [0.1, 0.15) is 63.4 Å². The number of carbonyl (C=O) groups excluding carboxylic acids is 1. The van der Waals surface area contributed by atoms with Gasteiger partial charge in [-0.1, -0.05) is 32.1 Å². The molecule has 2 aliphatic carbocycles. The Bertz CT molecular complexity index is 1200. The summed E-state index contributed by atoms with van der Waals surface area (Å²) < 4.78 is 45.0. The third-order valence-electron chi connectivity index (χ3n) is 7.58. The molecular weight excluding hydrogens is 523 g/mol. The molecule has 1 aliphatic heterocycles. The maximum atomic E-state index is 13.2. The van der Waals surface area contributed by atoms with Crippen LogP contribution in [0.2, 0.25) is 0 Å². The van der Waals surface area contributed by atoms with E-state index in [9.17, 15) is 32.9 Å². The van der Waals surface area contributed by atoms with Crippen molar-refractivity contribution in [2.24, 2.45) is 0 Å². The van der Waals surface area contributed by atoms with Crippen LogP contribution in [-0.2, 0) is 15.7 Å². The first-order chi connectivity index (χ1) is 18.1. The van der Waals surface area contributed by atoms with Gasteiger partial charge in [0.1, 0.15) is 10.3 Å². The highest BCUT2D eigenvalue weighted by atomic mass is 32.1. The van der Waals surface area contributed by atoms with Gasteiger partial charge in [-0.25, -0.2) is 0 Å². The molecule has 0 bridgehead atoms. The van der Waals surface area contributed by atoms with Gasteiger partial charge in [-0.2, -0.15) is 13.2 Å². The maximum Gasteiger partial charge on any atom is 0.416 e. The number of alkyl halides is 3. The zero-order chi connectivity index (χ0) is 27.3. The minimum absolute atomic E-state index is 0.0662. The number of ether oxygens (including phenoxy) is 1. The highest BCUT2D eigenvalue weighted by molar-refractivity contribution is 7.22. The number of fused-ring (bicyclic) bond motifs is 1. The lowest BCUT2D eigenvalue weighted by molar-refractivity contribution is -0.383. The number of rotatable bonds is 6. The number of nitrogens with zero attached hydrogens (tertiary/aromatic N) is 3. The summed E-state index contributed by atoms with van der Waals surface area (Å²) in [5, 5.41) is 11.7. The molecule has 3 aliphatic rings. The van der Waals surface area contributed by atoms with Crippen LogP contribution in [0.4, 0.5) is 23.9 Å². The number of benzene rings is 1. The van der Waals surface area contributed by atoms with E-state index in [0.717, 1.165) is 43.4 Å². The van der Waals surface area contributed by atoms with Gasteiger partial charge < -0.3 is 9.64 Å². The van der Waals surface area contributed by atoms with Gasteiger partial charge >= 0.3 is 6.18 Å². The highest BCUT2D eigenvalue weighted by Crippen LogP contribution is 2.39. The van der Waals surface area contributed by atoms with E-state index in [-0.39, 0.29) is 10.1 Å². The molecule has 1 aromatic carbocycles. The normalized spacial score (nSPS) is 19.7. The molecule has 2 saturated carbocycles. The van der Waals surface area contributed by atoms with E-state index >= 15 is 0 Å². The Hall–Kier alpha value is -2.73. The summed E-state index contributed by atoms with van der Waals surface area (Å²) in [4.78, 5) is 38.5. The first-order valence-electron chi connectivity index (χ1n) is 13.0. The summed E-state index contributed by atoms with van der Waals surface area (Å²) >= 11 is 0.953. The molecule has 38 heavy (non-hydrogen) atoms. The molecule has 0 radical (unpaired) electrons. The van der Waals surface area contributed by atoms with Crippen LogP contribution in [-0.4, -0.2) is 54.6 Å². The number of anilines is 1. The smallest absolute Gasteiger partial charge is 0.416 e. The van der Waals surface area contributed by atoms with E-state index in [1.807, 2.05) is 4.90 Å². The van der Waals surface area contributed by atoms with Crippen LogP contribution < -0.4 is 10.3 Å². The monoisotopic (exact) mass is 555 g/mol. The summed E-state index contributed by atoms with van der Waals surface area (Å²) in [5.41, 5.74) is -3.10. The fourth-order valence-corrected chi connectivity index (χ4v) is 6.27. The van der Waals surface area contributed by atoms with Crippen molar-refractivity contribution in [3.05, 3.63) is 44.1 Å². The van der Waals surface area contributed by atoms with Gasteiger partial charge in [-0.15, -0.1) is 11.3 Å². The highest BCUT2D eigenvalue weighted by Gasteiger charge is 2.37. The standard InChI is InChI=1S/C22H24F3N3O5S.C4H8/c23-22(24,25)15-10-16-18(30)12-19(34-20(16)17(11-15)28(31)32)27-8-6-26(7-9-27)13-21(33-14-29)4-2-1-3-5-21;1-2-4-3-1/h10-12,14H,1-9,13H2;1-4H2. The molecule has 0 unspecified atom stereocenters. The number of nitro groups is 1. The van der Waals surface area contributed by atoms with Crippen LogP contribution in [0.3, 0.4) is 0 Å². The van der Waals surface area contributed by atoms with Gasteiger partial charge in [-0.3, -0.25) is 24.6 Å². The summed E-state index contributed by atoms with van der Waals surface area (Å²) in [7, 11) is 0. The number of non-ortho nitro benzene ring substituents is 1. The molecule has 0 spiro atoms. The van der Waals surface area contributed by atoms with Crippen LogP contribution in [0, 0.1) is 10.1 Å². The topological polar surface area (TPSA) is 93.0 Å². The molecule has 1 aromatic heterocycles. The van der Waals surface area contributed by atoms with Gasteiger partial charge in [0, 0.05) is 50.2 Å². The van der Waals surface area contributed by atoms with Crippen LogP contribution in [0.15, 0.2) is 23.0 Å². The Kier molecular flexibility index (Phi) is 8.92. The lowest BCUT2D eigenvalue weighted by Gasteiger charge is -2.42. The number of carbonyl (C=O) groups is 1. The van der Waals surface area contributed by atoms with Crippen molar-refractivity contribution in [3.63, 3.8) is 0 Å². The quantitative estimate of drug-likeness (QED) is 0.255. The van der Waals surface area contributed by atoms with Gasteiger partial charge in [0.05, 0.1) is 15.5 Å². The minimum Gasteiger partial charge on any atom is -0.460 e. The Labute approximate surface area is 222 Å². The fourth-order valence-electron chi connectivity index (χ4n) is 5.08. The first kappa shape index (κ1) is 28.3.